The highest BCUT2D eigenvalue weighted by atomic mass is 16.6. The van der Waals surface area contributed by atoms with E-state index in [0.717, 1.165) is 6.42 Å². The number of nitro groups is 1. The molecule has 0 aliphatic rings. The van der Waals surface area contributed by atoms with Crippen LogP contribution in [0.15, 0.2) is 18.2 Å². The van der Waals surface area contributed by atoms with Crippen molar-refractivity contribution < 1.29 is 14.8 Å². The van der Waals surface area contributed by atoms with E-state index in [2.05, 4.69) is 0 Å². The fraction of sp³-hybridized carbons (Fsp3) is 0.462. The summed E-state index contributed by atoms with van der Waals surface area (Å²) in [7, 11) is 0. The number of benzene rings is 1. The quantitative estimate of drug-likeness (QED) is 0.628. The predicted octanol–water partition coefficient (Wildman–Crippen LogP) is 1.75. The standard InChI is InChI=1S/C13H18N2O4/c1-3-7-14(8-9-16)13(17)11-5-4-6-12(10(11)2)15(18)19/h4-6,16H,3,7-9H2,1-2H3. The highest BCUT2D eigenvalue weighted by molar-refractivity contribution is 5.96. The molecule has 1 rings (SSSR count). The van der Waals surface area contributed by atoms with E-state index < -0.39 is 4.92 Å². The summed E-state index contributed by atoms with van der Waals surface area (Å²) in [4.78, 5) is 24.2. The second kappa shape index (κ2) is 6.84. The van der Waals surface area contributed by atoms with E-state index in [9.17, 15) is 14.9 Å². The molecule has 1 amide bonds. The van der Waals surface area contributed by atoms with Crippen LogP contribution >= 0.6 is 0 Å². The Morgan fingerprint density at radius 1 is 1.42 bits per heavy atom. The first kappa shape index (κ1) is 15.1. The summed E-state index contributed by atoms with van der Waals surface area (Å²) >= 11 is 0. The van der Waals surface area contributed by atoms with Crippen LogP contribution in [0, 0.1) is 17.0 Å². The second-order valence-corrected chi connectivity index (χ2v) is 4.22. The zero-order valence-electron chi connectivity index (χ0n) is 11.1. The summed E-state index contributed by atoms with van der Waals surface area (Å²) in [5.41, 5.74) is 0.610. The normalized spacial score (nSPS) is 10.3. The lowest BCUT2D eigenvalue weighted by molar-refractivity contribution is -0.385. The van der Waals surface area contributed by atoms with Gasteiger partial charge in [0.25, 0.3) is 11.6 Å². The van der Waals surface area contributed by atoms with Crippen LogP contribution in [-0.2, 0) is 0 Å². The van der Waals surface area contributed by atoms with E-state index in [4.69, 9.17) is 5.11 Å². The van der Waals surface area contributed by atoms with Crippen molar-refractivity contribution in [2.45, 2.75) is 20.3 Å². The van der Waals surface area contributed by atoms with Crippen LogP contribution in [0.4, 0.5) is 5.69 Å². The van der Waals surface area contributed by atoms with Crippen LogP contribution in [0.2, 0.25) is 0 Å². The number of carbonyl (C=O) groups excluding carboxylic acids is 1. The number of nitro benzene ring substituents is 1. The Morgan fingerprint density at radius 2 is 2.11 bits per heavy atom. The molecule has 0 spiro atoms. The van der Waals surface area contributed by atoms with E-state index in [1.165, 1.54) is 17.0 Å². The van der Waals surface area contributed by atoms with Crippen LogP contribution in [0.1, 0.15) is 29.3 Å². The van der Waals surface area contributed by atoms with Crippen LogP contribution < -0.4 is 0 Å². The molecule has 19 heavy (non-hydrogen) atoms. The molecule has 104 valence electrons. The van der Waals surface area contributed by atoms with Crippen LogP contribution in [0.25, 0.3) is 0 Å². The third kappa shape index (κ3) is 3.51. The Balaban J connectivity index is 3.10. The smallest absolute Gasteiger partial charge is 0.273 e. The first-order valence-corrected chi connectivity index (χ1v) is 6.17. The molecule has 0 aliphatic carbocycles. The molecular formula is C13H18N2O4. The molecule has 0 saturated heterocycles. The molecule has 0 bridgehead atoms. The number of hydrogen-bond donors (Lipinski definition) is 1. The SMILES string of the molecule is CCCN(CCO)C(=O)c1cccc([N+](=O)[O-])c1C. The van der Waals surface area contributed by atoms with Crippen molar-refractivity contribution in [1.82, 2.24) is 4.90 Å². The molecule has 0 unspecified atom stereocenters. The third-order valence-corrected chi connectivity index (χ3v) is 2.88. The summed E-state index contributed by atoms with van der Waals surface area (Å²) in [5, 5.41) is 19.8. The monoisotopic (exact) mass is 266 g/mol. The number of aliphatic hydroxyl groups excluding tert-OH is 1. The Labute approximate surface area is 111 Å². The van der Waals surface area contributed by atoms with Gasteiger partial charge in [0.15, 0.2) is 0 Å². The van der Waals surface area contributed by atoms with Gasteiger partial charge >= 0.3 is 0 Å². The molecule has 0 heterocycles. The maximum Gasteiger partial charge on any atom is 0.273 e. The minimum Gasteiger partial charge on any atom is -0.395 e. The van der Waals surface area contributed by atoms with Gasteiger partial charge in [-0.2, -0.15) is 0 Å². The van der Waals surface area contributed by atoms with Gasteiger partial charge in [-0.1, -0.05) is 13.0 Å². The molecule has 6 nitrogen and oxygen atoms in total. The average molecular weight is 266 g/mol. The van der Waals surface area contributed by atoms with Crippen LogP contribution in [0.3, 0.4) is 0 Å². The van der Waals surface area contributed by atoms with E-state index in [-0.39, 0.29) is 24.7 Å². The van der Waals surface area contributed by atoms with Crippen molar-refractivity contribution in [3.05, 3.63) is 39.4 Å². The molecule has 1 aromatic carbocycles. The van der Waals surface area contributed by atoms with E-state index in [1.807, 2.05) is 6.92 Å². The molecule has 0 aliphatic heterocycles. The fourth-order valence-corrected chi connectivity index (χ4v) is 1.93. The third-order valence-electron chi connectivity index (χ3n) is 2.88. The van der Waals surface area contributed by atoms with E-state index >= 15 is 0 Å². The maximum atomic E-state index is 12.3. The Hall–Kier alpha value is -1.95. The van der Waals surface area contributed by atoms with Crippen molar-refractivity contribution in [3.63, 3.8) is 0 Å². The van der Waals surface area contributed by atoms with Gasteiger partial charge in [-0.3, -0.25) is 14.9 Å². The molecule has 0 atom stereocenters. The van der Waals surface area contributed by atoms with Crippen LogP contribution in [0.5, 0.6) is 0 Å². The van der Waals surface area contributed by atoms with Crippen molar-refractivity contribution >= 4 is 11.6 Å². The number of amides is 1. The summed E-state index contributed by atoms with van der Waals surface area (Å²) in [5.74, 6) is -0.280. The van der Waals surface area contributed by atoms with Gasteiger partial charge in [-0.25, -0.2) is 0 Å². The van der Waals surface area contributed by atoms with E-state index in [0.29, 0.717) is 17.7 Å². The maximum absolute atomic E-state index is 12.3. The molecule has 0 radical (unpaired) electrons. The first-order valence-electron chi connectivity index (χ1n) is 6.17. The van der Waals surface area contributed by atoms with Crippen molar-refractivity contribution in [2.75, 3.05) is 19.7 Å². The number of aliphatic hydroxyl groups is 1. The largest absolute Gasteiger partial charge is 0.395 e. The zero-order chi connectivity index (χ0) is 14.4. The Morgan fingerprint density at radius 3 is 2.63 bits per heavy atom. The lowest BCUT2D eigenvalue weighted by atomic mass is 10.1. The minimum absolute atomic E-state index is 0.0636. The van der Waals surface area contributed by atoms with Crippen molar-refractivity contribution in [2.24, 2.45) is 0 Å². The number of nitrogens with zero attached hydrogens (tertiary/aromatic N) is 2. The lowest BCUT2D eigenvalue weighted by Gasteiger charge is -2.21. The molecule has 1 N–H and O–H groups in total. The average Bonchev–Trinajstić information content (AvgIpc) is 2.37. The minimum atomic E-state index is -0.498. The summed E-state index contributed by atoms with van der Waals surface area (Å²) in [6, 6.07) is 4.45. The number of carbonyl (C=O) groups is 1. The van der Waals surface area contributed by atoms with Crippen LogP contribution in [-0.4, -0.2) is 40.5 Å². The molecule has 0 fully saturated rings. The van der Waals surface area contributed by atoms with Crippen molar-refractivity contribution in [3.8, 4) is 0 Å². The van der Waals surface area contributed by atoms with Gasteiger partial charge in [0.05, 0.1) is 11.5 Å². The molecule has 0 aromatic heterocycles. The van der Waals surface area contributed by atoms with E-state index in [1.54, 1.807) is 13.0 Å². The van der Waals surface area contributed by atoms with Gasteiger partial charge in [0.2, 0.25) is 0 Å². The lowest BCUT2D eigenvalue weighted by Crippen LogP contribution is -2.34. The van der Waals surface area contributed by atoms with Gasteiger partial charge in [-0.05, 0) is 19.4 Å². The highest BCUT2D eigenvalue weighted by Crippen LogP contribution is 2.22. The highest BCUT2D eigenvalue weighted by Gasteiger charge is 2.21. The van der Waals surface area contributed by atoms with Gasteiger partial charge in [0, 0.05) is 30.3 Å². The molecular weight excluding hydrogens is 248 g/mol. The molecule has 0 saturated carbocycles. The summed E-state index contributed by atoms with van der Waals surface area (Å²) in [6.07, 6.45) is 0.764. The zero-order valence-corrected chi connectivity index (χ0v) is 11.1. The summed E-state index contributed by atoms with van der Waals surface area (Å²) < 4.78 is 0. The second-order valence-electron chi connectivity index (χ2n) is 4.22. The van der Waals surface area contributed by atoms with Crippen molar-refractivity contribution in [1.29, 1.82) is 0 Å². The van der Waals surface area contributed by atoms with Gasteiger partial charge in [0.1, 0.15) is 0 Å². The summed E-state index contributed by atoms with van der Waals surface area (Å²) in [6.45, 7) is 4.11. The Kier molecular flexibility index (Phi) is 5.44. The number of hydrogen-bond acceptors (Lipinski definition) is 4. The topological polar surface area (TPSA) is 83.7 Å². The predicted molar refractivity (Wildman–Crippen MR) is 71.1 cm³/mol. The molecule has 6 heteroatoms. The Bertz CT molecular complexity index is 468. The number of rotatable bonds is 6. The van der Waals surface area contributed by atoms with Gasteiger partial charge in [-0.15, -0.1) is 0 Å². The fourth-order valence-electron chi connectivity index (χ4n) is 1.93. The first-order chi connectivity index (χ1) is 9.02. The molecule has 1 aromatic rings. The van der Waals surface area contributed by atoms with Gasteiger partial charge < -0.3 is 10.0 Å².